The molecule has 0 aliphatic heterocycles. The minimum Gasteiger partial charge on any atom is -0.368 e. The maximum Gasteiger partial charge on any atom is 0.232 e. The zero-order valence-corrected chi connectivity index (χ0v) is 18.5. The van der Waals surface area contributed by atoms with Crippen LogP contribution in [0.3, 0.4) is 0 Å². The summed E-state index contributed by atoms with van der Waals surface area (Å²) in [5.41, 5.74) is 10.2. The van der Waals surface area contributed by atoms with Crippen molar-refractivity contribution in [1.82, 2.24) is 29.7 Å². The lowest BCUT2D eigenvalue weighted by atomic mass is 10.1. The van der Waals surface area contributed by atoms with Crippen LogP contribution in [0.4, 0.5) is 17.6 Å². The number of rotatable bonds is 7. The molecule has 2 heterocycles. The van der Waals surface area contributed by atoms with Gasteiger partial charge in [0, 0.05) is 17.8 Å². The van der Waals surface area contributed by atoms with Crippen molar-refractivity contribution in [3.63, 3.8) is 0 Å². The predicted molar refractivity (Wildman–Crippen MR) is 124 cm³/mol. The molecule has 0 spiro atoms. The van der Waals surface area contributed by atoms with Crippen LogP contribution in [0.25, 0.3) is 11.4 Å². The molecule has 0 radical (unpaired) electrons. The van der Waals surface area contributed by atoms with E-state index in [-0.39, 0.29) is 5.95 Å². The van der Waals surface area contributed by atoms with E-state index in [2.05, 4.69) is 61.0 Å². The smallest absolute Gasteiger partial charge is 0.232 e. The summed E-state index contributed by atoms with van der Waals surface area (Å²) in [4.78, 5) is 13.0. The first kappa shape index (κ1) is 20.8. The third-order valence-electron chi connectivity index (χ3n) is 4.73. The van der Waals surface area contributed by atoms with E-state index in [1.165, 1.54) is 17.3 Å². The molecular weight excluding hydrogens is 408 g/mol. The van der Waals surface area contributed by atoms with Gasteiger partial charge in [-0.2, -0.15) is 15.0 Å². The number of hydrogen-bond acceptors (Lipinski definition) is 8. The van der Waals surface area contributed by atoms with E-state index in [4.69, 9.17) is 5.73 Å². The lowest BCUT2D eigenvalue weighted by Gasteiger charge is -2.10. The average Bonchev–Trinajstić information content (AvgIpc) is 3.16. The van der Waals surface area contributed by atoms with Crippen LogP contribution in [-0.2, 0) is 12.3 Å². The van der Waals surface area contributed by atoms with Gasteiger partial charge in [-0.25, -0.2) is 0 Å². The van der Waals surface area contributed by atoms with Crippen LogP contribution in [0.1, 0.15) is 23.9 Å². The maximum absolute atomic E-state index is 5.93. The summed E-state index contributed by atoms with van der Waals surface area (Å²) in [6.45, 7) is 6.93. The Morgan fingerprint density at radius 1 is 1.00 bits per heavy atom. The van der Waals surface area contributed by atoms with Crippen molar-refractivity contribution in [3.8, 4) is 11.4 Å². The first-order chi connectivity index (χ1) is 15.0. The quantitative estimate of drug-likeness (QED) is 0.414. The van der Waals surface area contributed by atoms with Gasteiger partial charge in [0.1, 0.15) is 5.82 Å². The van der Waals surface area contributed by atoms with Gasteiger partial charge in [-0.15, -0.1) is 10.2 Å². The van der Waals surface area contributed by atoms with E-state index in [0.717, 1.165) is 34.3 Å². The largest absolute Gasteiger partial charge is 0.368 e. The summed E-state index contributed by atoms with van der Waals surface area (Å²) in [6.07, 6.45) is 0. The van der Waals surface area contributed by atoms with Crippen molar-refractivity contribution >= 4 is 29.3 Å². The molecule has 4 rings (SSSR count). The second-order valence-corrected chi connectivity index (χ2v) is 8.02. The highest BCUT2D eigenvalue weighted by Crippen LogP contribution is 2.26. The number of benzene rings is 2. The Kier molecular flexibility index (Phi) is 6.13. The number of nitrogens with one attached hydrogen (secondary N) is 1. The van der Waals surface area contributed by atoms with Gasteiger partial charge in [0.05, 0.1) is 5.75 Å². The number of thioether (sulfide) groups is 1. The number of para-hydroxylation sites is 1. The van der Waals surface area contributed by atoms with Gasteiger partial charge in [0.2, 0.25) is 11.9 Å². The van der Waals surface area contributed by atoms with E-state index in [1.807, 2.05) is 43.3 Å². The predicted octanol–water partition coefficient (Wildman–Crippen LogP) is 4.38. The Morgan fingerprint density at radius 2 is 1.84 bits per heavy atom. The van der Waals surface area contributed by atoms with Gasteiger partial charge in [0.15, 0.2) is 11.0 Å². The third kappa shape index (κ3) is 4.83. The second kappa shape index (κ2) is 9.13. The number of nitrogens with two attached hydrogens (primary N) is 1. The fourth-order valence-corrected chi connectivity index (χ4v) is 4.06. The fourth-order valence-electron chi connectivity index (χ4n) is 3.20. The summed E-state index contributed by atoms with van der Waals surface area (Å²) in [5.74, 6) is 2.54. The molecule has 0 saturated carbocycles. The van der Waals surface area contributed by atoms with Gasteiger partial charge >= 0.3 is 0 Å². The normalized spacial score (nSPS) is 10.9. The molecule has 0 fully saturated rings. The van der Waals surface area contributed by atoms with Crippen molar-refractivity contribution in [2.24, 2.45) is 0 Å². The van der Waals surface area contributed by atoms with Crippen LogP contribution in [0.15, 0.2) is 53.7 Å². The summed E-state index contributed by atoms with van der Waals surface area (Å²) in [5, 5.41) is 12.8. The summed E-state index contributed by atoms with van der Waals surface area (Å²) >= 11 is 1.52. The molecule has 0 amide bonds. The lowest BCUT2D eigenvalue weighted by Crippen LogP contribution is -2.07. The van der Waals surface area contributed by atoms with E-state index < -0.39 is 0 Å². The fraction of sp³-hybridized carbons (Fsp3) is 0.227. The van der Waals surface area contributed by atoms with Gasteiger partial charge in [0.25, 0.3) is 0 Å². The Hall–Kier alpha value is -3.46. The summed E-state index contributed by atoms with van der Waals surface area (Å²) < 4.78 is 2.09. The zero-order chi connectivity index (χ0) is 21.8. The first-order valence-electron chi connectivity index (χ1n) is 9.99. The van der Waals surface area contributed by atoms with Gasteiger partial charge in [-0.05, 0) is 38.5 Å². The van der Waals surface area contributed by atoms with Crippen molar-refractivity contribution in [2.75, 3.05) is 11.1 Å². The Morgan fingerprint density at radius 3 is 2.61 bits per heavy atom. The maximum atomic E-state index is 5.93. The van der Waals surface area contributed by atoms with Crippen LogP contribution < -0.4 is 11.1 Å². The molecule has 9 heteroatoms. The van der Waals surface area contributed by atoms with Crippen molar-refractivity contribution in [1.29, 1.82) is 0 Å². The van der Waals surface area contributed by atoms with Crippen molar-refractivity contribution in [2.45, 2.75) is 38.2 Å². The number of aromatic nitrogens is 6. The first-order valence-corrected chi connectivity index (χ1v) is 11.0. The zero-order valence-electron chi connectivity index (χ0n) is 17.7. The Balaban J connectivity index is 1.53. The van der Waals surface area contributed by atoms with Gasteiger partial charge < -0.3 is 15.6 Å². The molecule has 0 atom stereocenters. The summed E-state index contributed by atoms with van der Waals surface area (Å²) in [7, 11) is 0. The monoisotopic (exact) mass is 432 g/mol. The molecule has 2 aromatic carbocycles. The number of aryl methyl sites for hydroxylation is 2. The SMILES string of the molecule is CCn1c(SCc2nc(N)nc(Nc3ccccc3C)n2)nnc1-c1cccc(C)c1. The van der Waals surface area contributed by atoms with E-state index in [1.54, 1.807) is 0 Å². The van der Waals surface area contributed by atoms with Crippen LogP contribution in [0, 0.1) is 13.8 Å². The molecule has 2 aromatic heterocycles. The molecular formula is C22H24N8S. The molecule has 0 bridgehead atoms. The van der Waals surface area contributed by atoms with Gasteiger partial charge in [-0.1, -0.05) is 53.7 Å². The van der Waals surface area contributed by atoms with E-state index in [9.17, 15) is 0 Å². The highest BCUT2D eigenvalue weighted by molar-refractivity contribution is 7.98. The van der Waals surface area contributed by atoms with Crippen molar-refractivity contribution < 1.29 is 0 Å². The molecule has 0 saturated heterocycles. The number of nitrogens with zero attached hydrogens (tertiary/aromatic N) is 6. The van der Waals surface area contributed by atoms with Crippen LogP contribution in [0.2, 0.25) is 0 Å². The number of hydrogen-bond donors (Lipinski definition) is 2. The number of anilines is 3. The molecule has 0 aliphatic carbocycles. The van der Waals surface area contributed by atoms with E-state index >= 15 is 0 Å². The minimum absolute atomic E-state index is 0.180. The number of nitrogen functional groups attached to an aromatic ring is 1. The molecule has 0 unspecified atom stereocenters. The molecule has 4 aromatic rings. The molecule has 3 N–H and O–H groups in total. The Bertz CT molecular complexity index is 1200. The Labute approximate surface area is 185 Å². The minimum atomic E-state index is 0.180. The molecule has 158 valence electrons. The second-order valence-electron chi connectivity index (χ2n) is 7.08. The summed E-state index contributed by atoms with van der Waals surface area (Å²) in [6, 6.07) is 16.2. The van der Waals surface area contributed by atoms with Gasteiger partial charge in [-0.3, -0.25) is 0 Å². The molecule has 0 aliphatic rings. The highest BCUT2D eigenvalue weighted by atomic mass is 32.2. The highest BCUT2D eigenvalue weighted by Gasteiger charge is 2.15. The van der Waals surface area contributed by atoms with Crippen molar-refractivity contribution in [3.05, 3.63) is 65.5 Å². The topological polar surface area (TPSA) is 107 Å². The third-order valence-corrected chi connectivity index (χ3v) is 5.69. The average molecular weight is 433 g/mol. The standard InChI is InChI=1S/C22H24N8S/c1-4-30-19(16-10-7-8-14(2)12-16)28-29-22(30)31-13-18-25-20(23)27-21(26-18)24-17-11-6-5-9-15(17)3/h5-12H,4,13H2,1-3H3,(H3,23,24,25,26,27). The van der Waals surface area contributed by atoms with Crippen LogP contribution in [0.5, 0.6) is 0 Å². The molecule has 31 heavy (non-hydrogen) atoms. The lowest BCUT2D eigenvalue weighted by molar-refractivity contribution is 0.687. The van der Waals surface area contributed by atoms with E-state index in [0.29, 0.717) is 17.5 Å². The molecule has 8 nitrogen and oxygen atoms in total. The van der Waals surface area contributed by atoms with Crippen LogP contribution >= 0.6 is 11.8 Å². The van der Waals surface area contributed by atoms with Crippen LogP contribution in [-0.4, -0.2) is 29.7 Å².